The number of rotatable bonds is 4. The second-order valence-electron chi connectivity index (χ2n) is 6.60. The molecular formula is C20H23N3O. The molecule has 4 heteroatoms. The summed E-state index contributed by atoms with van der Waals surface area (Å²) in [5.41, 5.74) is 2.69. The van der Waals surface area contributed by atoms with E-state index >= 15 is 0 Å². The predicted octanol–water partition coefficient (Wildman–Crippen LogP) is 3.62. The molecule has 1 fully saturated rings. The van der Waals surface area contributed by atoms with Crippen molar-refractivity contribution in [1.29, 1.82) is 0 Å². The Morgan fingerprint density at radius 3 is 2.67 bits per heavy atom. The smallest absolute Gasteiger partial charge is 0.122 e. The van der Waals surface area contributed by atoms with Crippen molar-refractivity contribution >= 4 is 10.9 Å². The number of aromatic nitrogens is 2. The van der Waals surface area contributed by atoms with Crippen LogP contribution in [-0.4, -0.2) is 33.6 Å². The minimum Gasteiger partial charge on any atom is -0.490 e. The SMILES string of the molecule is Cn1ccc2cc(CN3CCC(Oc4ccncc4)CC3)ccc21. The number of hydrogen-bond acceptors (Lipinski definition) is 3. The molecule has 0 saturated carbocycles. The van der Waals surface area contributed by atoms with Gasteiger partial charge in [0.1, 0.15) is 11.9 Å². The lowest BCUT2D eigenvalue weighted by atomic mass is 10.1. The predicted molar refractivity (Wildman–Crippen MR) is 96.1 cm³/mol. The van der Waals surface area contributed by atoms with Gasteiger partial charge in [-0.3, -0.25) is 9.88 Å². The van der Waals surface area contributed by atoms with Gasteiger partial charge >= 0.3 is 0 Å². The van der Waals surface area contributed by atoms with Crippen molar-refractivity contribution in [2.75, 3.05) is 13.1 Å². The van der Waals surface area contributed by atoms with Gasteiger partial charge in [0.15, 0.2) is 0 Å². The maximum Gasteiger partial charge on any atom is 0.122 e. The summed E-state index contributed by atoms with van der Waals surface area (Å²) < 4.78 is 8.21. The number of ether oxygens (including phenoxy) is 1. The van der Waals surface area contributed by atoms with Crippen LogP contribution >= 0.6 is 0 Å². The molecule has 0 aliphatic carbocycles. The van der Waals surface area contributed by atoms with Crippen molar-refractivity contribution in [2.24, 2.45) is 7.05 Å². The highest BCUT2D eigenvalue weighted by Gasteiger charge is 2.20. The molecule has 3 aromatic rings. The highest BCUT2D eigenvalue weighted by Crippen LogP contribution is 2.21. The zero-order chi connectivity index (χ0) is 16.4. The van der Waals surface area contributed by atoms with E-state index in [9.17, 15) is 0 Å². The van der Waals surface area contributed by atoms with E-state index in [1.807, 2.05) is 12.1 Å². The Morgan fingerprint density at radius 2 is 1.88 bits per heavy atom. The molecule has 3 heterocycles. The summed E-state index contributed by atoms with van der Waals surface area (Å²) in [6, 6.07) is 12.8. The van der Waals surface area contributed by atoms with Gasteiger partial charge in [-0.1, -0.05) is 6.07 Å². The van der Waals surface area contributed by atoms with E-state index < -0.39 is 0 Å². The standard InChI is InChI=1S/C20H23N3O/c1-22-11-6-17-14-16(2-3-20(17)22)15-23-12-7-19(8-13-23)24-18-4-9-21-10-5-18/h2-6,9-11,14,19H,7-8,12-13,15H2,1H3. The number of piperidine rings is 1. The third-order valence-electron chi connectivity index (χ3n) is 4.84. The van der Waals surface area contributed by atoms with Gasteiger partial charge in [-0.05, 0) is 54.1 Å². The zero-order valence-corrected chi connectivity index (χ0v) is 14.1. The molecule has 0 N–H and O–H groups in total. The quantitative estimate of drug-likeness (QED) is 0.735. The van der Waals surface area contributed by atoms with Gasteiger partial charge in [-0.15, -0.1) is 0 Å². The van der Waals surface area contributed by atoms with Gasteiger partial charge in [-0.25, -0.2) is 0 Å². The van der Waals surface area contributed by atoms with Crippen molar-refractivity contribution in [2.45, 2.75) is 25.5 Å². The summed E-state index contributed by atoms with van der Waals surface area (Å²) in [5, 5.41) is 1.32. The van der Waals surface area contributed by atoms with E-state index in [0.29, 0.717) is 6.10 Å². The first-order valence-corrected chi connectivity index (χ1v) is 8.61. The first-order chi connectivity index (χ1) is 11.8. The maximum atomic E-state index is 6.04. The lowest BCUT2D eigenvalue weighted by Gasteiger charge is -2.32. The van der Waals surface area contributed by atoms with Gasteiger partial charge < -0.3 is 9.30 Å². The summed E-state index contributed by atoms with van der Waals surface area (Å²) in [7, 11) is 2.09. The summed E-state index contributed by atoms with van der Waals surface area (Å²) in [5.74, 6) is 0.929. The van der Waals surface area contributed by atoms with Gasteiger partial charge in [-0.2, -0.15) is 0 Å². The van der Waals surface area contributed by atoms with Crippen LogP contribution in [0.25, 0.3) is 10.9 Å². The van der Waals surface area contributed by atoms with Crippen LogP contribution in [0.2, 0.25) is 0 Å². The summed E-state index contributed by atoms with van der Waals surface area (Å²) in [6.07, 6.45) is 8.16. The van der Waals surface area contributed by atoms with Gasteiger partial charge in [0.2, 0.25) is 0 Å². The summed E-state index contributed by atoms with van der Waals surface area (Å²) in [4.78, 5) is 6.56. The minimum atomic E-state index is 0.320. The Balaban J connectivity index is 1.33. The van der Waals surface area contributed by atoms with E-state index in [-0.39, 0.29) is 0 Å². The maximum absolute atomic E-state index is 6.04. The zero-order valence-electron chi connectivity index (χ0n) is 14.1. The van der Waals surface area contributed by atoms with E-state index in [1.54, 1.807) is 12.4 Å². The Bertz CT molecular complexity index is 804. The number of nitrogens with zero attached hydrogens (tertiary/aromatic N) is 3. The van der Waals surface area contributed by atoms with Crippen LogP contribution in [0.4, 0.5) is 0 Å². The Kier molecular flexibility index (Phi) is 4.22. The van der Waals surface area contributed by atoms with Crippen LogP contribution in [0.1, 0.15) is 18.4 Å². The number of likely N-dealkylation sites (tertiary alicyclic amines) is 1. The van der Waals surface area contributed by atoms with Crippen LogP contribution in [0.5, 0.6) is 5.75 Å². The fraction of sp³-hybridized carbons (Fsp3) is 0.350. The molecule has 1 saturated heterocycles. The van der Waals surface area contributed by atoms with Crippen LogP contribution in [0, 0.1) is 0 Å². The Morgan fingerprint density at radius 1 is 1.08 bits per heavy atom. The molecule has 124 valence electrons. The number of aryl methyl sites for hydroxylation is 1. The molecular weight excluding hydrogens is 298 g/mol. The molecule has 0 amide bonds. The largest absolute Gasteiger partial charge is 0.490 e. The molecule has 0 atom stereocenters. The molecule has 0 radical (unpaired) electrons. The van der Waals surface area contributed by atoms with Crippen molar-refractivity contribution < 1.29 is 4.74 Å². The first-order valence-electron chi connectivity index (χ1n) is 8.61. The molecule has 4 rings (SSSR count). The van der Waals surface area contributed by atoms with Crippen LogP contribution in [0.15, 0.2) is 55.0 Å². The molecule has 0 spiro atoms. The Hall–Kier alpha value is -2.33. The molecule has 1 aliphatic heterocycles. The number of hydrogen-bond donors (Lipinski definition) is 0. The lowest BCUT2D eigenvalue weighted by Crippen LogP contribution is -2.37. The van der Waals surface area contributed by atoms with Crippen LogP contribution < -0.4 is 4.74 Å². The second-order valence-corrected chi connectivity index (χ2v) is 6.60. The summed E-state index contributed by atoms with van der Waals surface area (Å²) >= 11 is 0. The fourth-order valence-corrected chi connectivity index (χ4v) is 3.48. The average molecular weight is 321 g/mol. The number of benzene rings is 1. The normalized spacial score (nSPS) is 16.5. The highest BCUT2D eigenvalue weighted by molar-refractivity contribution is 5.80. The van der Waals surface area contributed by atoms with Crippen molar-refractivity contribution in [1.82, 2.24) is 14.5 Å². The van der Waals surface area contributed by atoms with E-state index in [2.05, 4.69) is 52.0 Å². The number of pyridine rings is 1. The number of fused-ring (bicyclic) bond motifs is 1. The third-order valence-corrected chi connectivity index (χ3v) is 4.84. The minimum absolute atomic E-state index is 0.320. The van der Waals surface area contributed by atoms with E-state index in [1.165, 1.54) is 16.5 Å². The molecule has 0 bridgehead atoms. The molecule has 2 aromatic heterocycles. The van der Waals surface area contributed by atoms with Gasteiger partial charge in [0.05, 0.1) is 0 Å². The third kappa shape index (κ3) is 3.29. The highest BCUT2D eigenvalue weighted by atomic mass is 16.5. The molecule has 1 aliphatic rings. The average Bonchev–Trinajstić information content (AvgIpc) is 2.98. The van der Waals surface area contributed by atoms with Crippen molar-refractivity contribution in [3.8, 4) is 5.75 Å². The monoisotopic (exact) mass is 321 g/mol. The molecule has 0 unspecified atom stereocenters. The fourth-order valence-electron chi connectivity index (χ4n) is 3.48. The Labute approximate surface area is 142 Å². The van der Waals surface area contributed by atoms with Gasteiger partial charge in [0, 0.05) is 50.8 Å². The van der Waals surface area contributed by atoms with Crippen molar-refractivity contribution in [3.63, 3.8) is 0 Å². The summed E-state index contributed by atoms with van der Waals surface area (Å²) in [6.45, 7) is 3.19. The van der Waals surface area contributed by atoms with E-state index in [0.717, 1.165) is 38.2 Å². The lowest BCUT2D eigenvalue weighted by molar-refractivity contribution is 0.0967. The first kappa shape index (κ1) is 15.2. The molecule has 1 aromatic carbocycles. The van der Waals surface area contributed by atoms with Crippen molar-refractivity contribution in [3.05, 3.63) is 60.6 Å². The van der Waals surface area contributed by atoms with Gasteiger partial charge in [0.25, 0.3) is 0 Å². The van der Waals surface area contributed by atoms with Crippen LogP contribution in [0.3, 0.4) is 0 Å². The topological polar surface area (TPSA) is 30.3 Å². The molecule has 4 nitrogen and oxygen atoms in total. The van der Waals surface area contributed by atoms with Crippen LogP contribution in [-0.2, 0) is 13.6 Å². The van der Waals surface area contributed by atoms with E-state index in [4.69, 9.17) is 4.74 Å². The second kappa shape index (κ2) is 6.65. The molecule has 24 heavy (non-hydrogen) atoms.